The lowest BCUT2D eigenvalue weighted by atomic mass is 9.73. The summed E-state index contributed by atoms with van der Waals surface area (Å²) < 4.78 is 6.35. The first kappa shape index (κ1) is 12.8. The summed E-state index contributed by atoms with van der Waals surface area (Å²) in [5.74, 6) is 2.51. The van der Waals surface area contributed by atoms with Crippen molar-refractivity contribution in [3.63, 3.8) is 0 Å². The van der Waals surface area contributed by atoms with Gasteiger partial charge in [0, 0.05) is 0 Å². The van der Waals surface area contributed by atoms with E-state index in [0.29, 0.717) is 29.8 Å². The summed E-state index contributed by atoms with van der Waals surface area (Å²) in [6, 6.07) is 10.5. The molecule has 4 aliphatic carbocycles. The maximum Gasteiger partial charge on any atom is 0.0720 e. The molecule has 20 heavy (non-hydrogen) atoms. The molecule has 108 valence electrons. The number of ether oxygens (including phenoxy) is 1. The van der Waals surface area contributed by atoms with Crippen molar-refractivity contribution in [3.05, 3.63) is 35.9 Å². The van der Waals surface area contributed by atoms with Crippen LogP contribution in [-0.4, -0.2) is 17.3 Å². The maximum atomic E-state index is 10.3. The van der Waals surface area contributed by atoms with Gasteiger partial charge in [0.15, 0.2) is 0 Å². The molecule has 1 aromatic carbocycles. The molecule has 5 rings (SSSR count). The van der Waals surface area contributed by atoms with Crippen LogP contribution in [0.3, 0.4) is 0 Å². The molecular formula is C18H24O2. The third-order valence-corrected chi connectivity index (χ3v) is 6.03. The van der Waals surface area contributed by atoms with Crippen molar-refractivity contribution in [3.8, 4) is 0 Å². The Labute approximate surface area is 121 Å². The molecule has 4 saturated carbocycles. The normalized spacial score (nSPS) is 42.6. The second-order valence-electron chi connectivity index (χ2n) is 6.97. The van der Waals surface area contributed by atoms with Gasteiger partial charge >= 0.3 is 0 Å². The van der Waals surface area contributed by atoms with Crippen molar-refractivity contribution in [1.29, 1.82) is 0 Å². The van der Waals surface area contributed by atoms with Gasteiger partial charge in [-0.3, -0.25) is 0 Å². The number of aliphatic hydroxyl groups excluding tert-OH is 1. The van der Waals surface area contributed by atoms with Crippen LogP contribution in [-0.2, 0) is 11.3 Å². The minimum Gasteiger partial charge on any atom is -0.393 e. The van der Waals surface area contributed by atoms with Gasteiger partial charge in [-0.1, -0.05) is 30.3 Å². The molecule has 4 fully saturated rings. The standard InChI is InChI=1S/C18H24O2/c19-17-10-13-6-7-15(17)16-9-8-14(13)18(16)20-11-12-4-2-1-3-5-12/h1-5,13-19H,6-11H2. The predicted molar refractivity (Wildman–Crippen MR) is 78.1 cm³/mol. The Morgan fingerprint density at radius 1 is 0.950 bits per heavy atom. The minimum atomic E-state index is -0.0631. The molecule has 2 heteroatoms. The summed E-state index contributed by atoms with van der Waals surface area (Å²) in [5.41, 5.74) is 1.27. The van der Waals surface area contributed by atoms with E-state index in [2.05, 4.69) is 30.3 Å². The van der Waals surface area contributed by atoms with Crippen LogP contribution in [0.5, 0.6) is 0 Å². The molecule has 4 aliphatic rings. The highest BCUT2D eigenvalue weighted by Gasteiger charge is 2.52. The van der Waals surface area contributed by atoms with E-state index in [-0.39, 0.29) is 6.10 Å². The van der Waals surface area contributed by atoms with Gasteiger partial charge in [-0.05, 0) is 61.3 Å². The molecule has 0 aromatic heterocycles. The van der Waals surface area contributed by atoms with Crippen LogP contribution in [0.25, 0.3) is 0 Å². The van der Waals surface area contributed by atoms with Crippen molar-refractivity contribution in [1.82, 2.24) is 0 Å². The molecule has 1 N–H and O–H groups in total. The molecule has 0 spiro atoms. The van der Waals surface area contributed by atoms with Gasteiger partial charge < -0.3 is 9.84 Å². The van der Waals surface area contributed by atoms with Crippen LogP contribution >= 0.6 is 0 Å². The summed E-state index contributed by atoms with van der Waals surface area (Å²) in [6.45, 7) is 0.730. The highest BCUT2D eigenvalue weighted by molar-refractivity contribution is 5.13. The number of aliphatic hydroxyl groups is 1. The Hall–Kier alpha value is -0.860. The van der Waals surface area contributed by atoms with Crippen LogP contribution in [0, 0.1) is 23.7 Å². The van der Waals surface area contributed by atoms with Crippen molar-refractivity contribution >= 4 is 0 Å². The lowest BCUT2D eigenvalue weighted by Gasteiger charge is -2.35. The van der Waals surface area contributed by atoms with Crippen LogP contribution in [0.2, 0.25) is 0 Å². The van der Waals surface area contributed by atoms with Gasteiger partial charge in [-0.25, -0.2) is 0 Å². The van der Waals surface area contributed by atoms with Gasteiger partial charge in [0.05, 0.1) is 18.8 Å². The zero-order valence-electron chi connectivity index (χ0n) is 11.9. The van der Waals surface area contributed by atoms with Crippen LogP contribution in [0.1, 0.15) is 37.7 Å². The number of rotatable bonds is 3. The summed E-state index contributed by atoms with van der Waals surface area (Å²) in [5, 5.41) is 10.3. The molecule has 0 heterocycles. The molecule has 1 aromatic rings. The predicted octanol–water partition coefficient (Wildman–Crippen LogP) is 3.39. The summed E-state index contributed by atoms with van der Waals surface area (Å²) in [4.78, 5) is 0. The van der Waals surface area contributed by atoms with E-state index in [4.69, 9.17) is 4.74 Å². The molecule has 0 saturated heterocycles. The monoisotopic (exact) mass is 272 g/mol. The Bertz CT molecular complexity index is 458. The highest BCUT2D eigenvalue weighted by Crippen LogP contribution is 2.54. The summed E-state index contributed by atoms with van der Waals surface area (Å²) in [7, 11) is 0. The van der Waals surface area contributed by atoms with Crippen LogP contribution < -0.4 is 0 Å². The third-order valence-electron chi connectivity index (χ3n) is 6.03. The highest BCUT2D eigenvalue weighted by atomic mass is 16.5. The zero-order valence-corrected chi connectivity index (χ0v) is 11.9. The van der Waals surface area contributed by atoms with Crippen molar-refractivity contribution in [2.24, 2.45) is 23.7 Å². The fourth-order valence-electron chi connectivity index (χ4n) is 5.10. The lowest BCUT2D eigenvalue weighted by Crippen LogP contribution is -2.33. The zero-order chi connectivity index (χ0) is 13.5. The first-order valence-corrected chi connectivity index (χ1v) is 8.16. The molecule has 4 bridgehead atoms. The quantitative estimate of drug-likeness (QED) is 0.914. The van der Waals surface area contributed by atoms with E-state index in [9.17, 15) is 5.11 Å². The van der Waals surface area contributed by atoms with Gasteiger partial charge in [0.1, 0.15) is 0 Å². The van der Waals surface area contributed by atoms with Gasteiger partial charge in [-0.2, -0.15) is 0 Å². The Balaban J connectivity index is 1.51. The molecular weight excluding hydrogens is 248 g/mol. The van der Waals surface area contributed by atoms with E-state index in [1.807, 2.05) is 0 Å². The SMILES string of the molecule is OC1CC2CCC1C1CCC2C1OCc1ccccc1. The summed E-state index contributed by atoms with van der Waals surface area (Å²) in [6.07, 6.45) is 6.47. The number of fused-ring (bicyclic) bond motifs is 2. The van der Waals surface area contributed by atoms with Crippen LogP contribution in [0.15, 0.2) is 30.3 Å². The van der Waals surface area contributed by atoms with Crippen molar-refractivity contribution in [2.75, 3.05) is 0 Å². The lowest BCUT2D eigenvalue weighted by molar-refractivity contribution is -0.0296. The average molecular weight is 272 g/mol. The summed E-state index contributed by atoms with van der Waals surface area (Å²) >= 11 is 0. The fraction of sp³-hybridized carbons (Fsp3) is 0.667. The Kier molecular flexibility index (Phi) is 3.31. The van der Waals surface area contributed by atoms with E-state index in [1.54, 1.807) is 0 Å². The first-order valence-electron chi connectivity index (χ1n) is 8.16. The van der Waals surface area contributed by atoms with E-state index in [1.165, 1.54) is 31.2 Å². The number of hydrogen-bond acceptors (Lipinski definition) is 2. The Morgan fingerprint density at radius 3 is 2.50 bits per heavy atom. The van der Waals surface area contributed by atoms with Crippen LogP contribution in [0.4, 0.5) is 0 Å². The molecule has 0 amide bonds. The molecule has 2 nitrogen and oxygen atoms in total. The maximum absolute atomic E-state index is 10.3. The Morgan fingerprint density at radius 2 is 1.70 bits per heavy atom. The number of hydrogen-bond donors (Lipinski definition) is 1. The van der Waals surface area contributed by atoms with E-state index >= 15 is 0 Å². The van der Waals surface area contributed by atoms with E-state index in [0.717, 1.165) is 13.0 Å². The van der Waals surface area contributed by atoms with Gasteiger partial charge in [0.25, 0.3) is 0 Å². The smallest absolute Gasteiger partial charge is 0.0720 e. The second-order valence-corrected chi connectivity index (χ2v) is 6.97. The topological polar surface area (TPSA) is 29.5 Å². The molecule has 6 atom stereocenters. The minimum absolute atomic E-state index is 0.0631. The largest absolute Gasteiger partial charge is 0.393 e. The average Bonchev–Trinajstić information content (AvgIpc) is 2.78. The molecule has 6 unspecified atom stereocenters. The fourth-order valence-corrected chi connectivity index (χ4v) is 5.10. The molecule has 0 aliphatic heterocycles. The third kappa shape index (κ3) is 2.10. The van der Waals surface area contributed by atoms with Gasteiger partial charge in [0.2, 0.25) is 0 Å². The first-order chi connectivity index (χ1) is 9.83. The van der Waals surface area contributed by atoms with Crippen molar-refractivity contribution < 1.29 is 9.84 Å². The van der Waals surface area contributed by atoms with Crippen molar-refractivity contribution in [2.45, 2.75) is 50.9 Å². The second kappa shape index (κ2) is 5.16. The molecule has 0 radical (unpaired) electrons. The van der Waals surface area contributed by atoms with Gasteiger partial charge in [-0.15, -0.1) is 0 Å². The number of benzene rings is 1. The van der Waals surface area contributed by atoms with E-state index < -0.39 is 0 Å².